The molecule has 11 heteroatoms. The van der Waals surface area contributed by atoms with Gasteiger partial charge in [-0.2, -0.15) is 0 Å². The first kappa shape index (κ1) is 19.8. The number of nitrogens with zero attached hydrogens (tertiary/aromatic N) is 5. The maximum absolute atomic E-state index is 12.7. The number of amides is 2. The van der Waals surface area contributed by atoms with Crippen molar-refractivity contribution in [3.8, 4) is 11.3 Å². The molecule has 10 nitrogen and oxygen atoms in total. The number of morpholine rings is 1. The molecule has 2 aliphatic rings. The molecule has 0 radical (unpaired) electrons. The van der Waals surface area contributed by atoms with E-state index in [4.69, 9.17) is 4.74 Å². The lowest BCUT2D eigenvalue weighted by Gasteiger charge is -2.26. The lowest BCUT2D eigenvalue weighted by atomic mass is 10.0. The Morgan fingerprint density at radius 2 is 2.03 bits per heavy atom. The Morgan fingerprint density at radius 1 is 1.15 bits per heavy atom. The van der Waals surface area contributed by atoms with Crippen LogP contribution in [0.1, 0.15) is 25.6 Å². The average molecular weight is 462 g/mol. The van der Waals surface area contributed by atoms with E-state index in [9.17, 15) is 9.59 Å². The maximum Gasteiger partial charge on any atom is 0.265 e. The van der Waals surface area contributed by atoms with Crippen LogP contribution in [0.4, 0.5) is 10.9 Å². The number of aromatic nitrogens is 4. The molecule has 1 fully saturated rings. The van der Waals surface area contributed by atoms with Gasteiger partial charge in [-0.3, -0.25) is 14.0 Å². The number of benzene rings is 1. The van der Waals surface area contributed by atoms with Gasteiger partial charge in [-0.25, -0.2) is 15.0 Å². The predicted molar refractivity (Wildman–Crippen MR) is 122 cm³/mol. The fraction of sp³-hybridized carbons (Fsp3) is 0.227. The molecule has 2 aliphatic heterocycles. The van der Waals surface area contributed by atoms with Crippen molar-refractivity contribution in [2.75, 3.05) is 31.6 Å². The van der Waals surface area contributed by atoms with Gasteiger partial charge in [-0.05, 0) is 17.7 Å². The maximum atomic E-state index is 12.7. The first-order chi connectivity index (χ1) is 16.2. The lowest BCUT2D eigenvalue weighted by Crippen LogP contribution is -2.40. The standard InChI is InChI=1S/C22H19N7O3S/c30-20-15-2-1-13(9-14(15)10-25-20)16-11-24-18(19-23-3-4-29(16)19)27-22-26-12-17(33-22)21(31)28-5-7-32-8-6-28/h1-4,9,11-12H,5-8,10H2,(H,25,30)(H,24,26,27). The van der Waals surface area contributed by atoms with Crippen molar-refractivity contribution >= 4 is 39.7 Å². The first-order valence-electron chi connectivity index (χ1n) is 10.5. The molecule has 1 aromatic carbocycles. The largest absolute Gasteiger partial charge is 0.378 e. The zero-order chi connectivity index (χ0) is 22.4. The molecule has 0 unspecified atom stereocenters. The molecule has 0 atom stereocenters. The minimum absolute atomic E-state index is 0.0392. The molecule has 2 N–H and O–H groups in total. The highest BCUT2D eigenvalue weighted by molar-refractivity contribution is 7.17. The zero-order valence-electron chi connectivity index (χ0n) is 17.4. The number of ether oxygens (including phenoxy) is 1. The fourth-order valence-corrected chi connectivity index (χ4v) is 4.85. The molecule has 0 spiro atoms. The number of carbonyl (C=O) groups is 2. The van der Waals surface area contributed by atoms with Gasteiger partial charge in [0.15, 0.2) is 16.6 Å². The van der Waals surface area contributed by atoms with Gasteiger partial charge in [0.1, 0.15) is 4.88 Å². The van der Waals surface area contributed by atoms with Crippen LogP contribution in [0.5, 0.6) is 0 Å². The van der Waals surface area contributed by atoms with Crippen molar-refractivity contribution in [2.45, 2.75) is 6.54 Å². The van der Waals surface area contributed by atoms with Gasteiger partial charge in [-0.1, -0.05) is 17.4 Å². The molecule has 4 aromatic rings. The Morgan fingerprint density at radius 3 is 2.91 bits per heavy atom. The molecule has 0 saturated carbocycles. The van der Waals surface area contributed by atoms with Crippen LogP contribution in [0.3, 0.4) is 0 Å². The summed E-state index contributed by atoms with van der Waals surface area (Å²) in [4.78, 5) is 40.3. The molecule has 0 bridgehead atoms. The number of hydrogen-bond donors (Lipinski definition) is 2. The van der Waals surface area contributed by atoms with Gasteiger partial charge in [0.05, 0.1) is 31.3 Å². The highest BCUT2D eigenvalue weighted by atomic mass is 32.1. The molecule has 6 rings (SSSR count). The zero-order valence-corrected chi connectivity index (χ0v) is 18.3. The number of fused-ring (bicyclic) bond motifs is 2. The Hall–Kier alpha value is -3.83. The lowest BCUT2D eigenvalue weighted by molar-refractivity contribution is 0.0306. The Bertz CT molecular complexity index is 1390. The summed E-state index contributed by atoms with van der Waals surface area (Å²) in [5.41, 5.74) is 4.11. The topological polar surface area (TPSA) is 114 Å². The van der Waals surface area contributed by atoms with Crippen molar-refractivity contribution in [3.63, 3.8) is 0 Å². The number of imidazole rings is 1. The summed E-state index contributed by atoms with van der Waals surface area (Å²) in [7, 11) is 0. The number of thiazole rings is 1. The molecule has 5 heterocycles. The third-order valence-electron chi connectivity index (χ3n) is 5.75. The molecule has 3 aromatic heterocycles. The molecule has 2 amide bonds. The number of rotatable bonds is 4. The van der Waals surface area contributed by atoms with Crippen LogP contribution >= 0.6 is 11.3 Å². The summed E-state index contributed by atoms with van der Waals surface area (Å²) in [6.45, 7) is 2.81. The van der Waals surface area contributed by atoms with Crippen LogP contribution in [-0.2, 0) is 11.3 Å². The Labute approximate surface area is 192 Å². The number of anilines is 2. The van der Waals surface area contributed by atoms with Gasteiger partial charge >= 0.3 is 0 Å². The normalized spacial score (nSPS) is 15.5. The van der Waals surface area contributed by atoms with E-state index in [1.807, 2.05) is 28.8 Å². The van der Waals surface area contributed by atoms with E-state index >= 15 is 0 Å². The molecule has 166 valence electrons. The third kappa shape index (κ3) is 3.51. The minimum Gasteiger partial charge on any atom is -0.378 e. The van der Waals surface area contributed by atoms with Gasteiger partial charge in [0, 0.05) is 43.2 Å². The second-order valence-electron chi connectivity index (χ2n) is 7.73. The monoisotopic (exact) mass is 461 g/mol. The van der Waals surface area contributed by atoms with Gasteiger partial charge < -0.3 is 20.3 Å². The van der Waals surface area contributed by atoms with Crippen LogP contribution in [0.25, 0.3) is 16.9 Å². The van der Waals surface area contributed by atoms with Crippen molar-refractivity contribution in [1.29, 1.82) is 0 Å². The minimum atomic E-state index is -0.0445. The summed E-state index contributed by atoms with van der Waals surface area (Å²) < 4.78 is 7.26. The summed E-state index contributed by atoms with van der Waals surface area (Å²) in [6.07, 6.45) is 6.92. The SMILES string of the molecule is O=C1NCc2cc(-c3cnc(Nc4ncc(C(=O)N5CCOCC5)s4)c4nccn34)ccc21. The first-order valence-corrected chi connectivity index (χ1v) is 11.3. The van der Waals surface area contributed by atoms with Crippen molar-refractivity contribution in [2.24, 2.45) is 0 Å². The number of hydrogen-bond acceptors (Lipinski definition) is 8. The predicted octanol–water partition coefficient (Wildman–Crippen LogP) is 2.31. The van der Waals surface area contributed by atoms with Crippen molar-refractivity contribution in [3.05, 3.63) is 59.0 Å². The second-order valence-corrected chi connectivity index (χ2v) is 8.76. The van der Waals surface area contributed by atoms with E-state index in [1.165, 1.54) is 11.3 Å². The fourth-order valence-electron chi connectivity index (χ4n) is 4.07. The summed E-state index contributed by atoms with van der Waals surface area (Å²) in [5, 5.41) is 6.61. The Balaban J connectivity index is 1.28. The van der Waals surface area contributed by atoms with E-state index < -0.39 is 0 Å². The van der Waals surface area contributed by atoms with E-state index in [1.54, 1.807) is 23.5 Å². The smallest absolute Gasteiger partial charge is 0.265 e. The van der Waals surface area contributed by atoms with E-state index in [2.05, 4.69) is 25.6 Å². The third-order valence-corrected chi connectivity index (χ3v) is 6.65. The number of nitrogens with one attached hydrogen (secondary N) is 2. The molecule has 33 heavy (non-hydrogen) atoms. The molecular formula is C22H19N7O3S. The summed E-state index contributed by atoms with van der Waals surface area (Å²) in [5.74, 6) is 0.459. The average Bonchev–Trinajstić information content (AvgIpc) is 3.60. The number of carbonyl (C=O) groups excluding carboxylic acids is 2. The molecular weight excluding hydrogens is 442 g/mol. The highest BCUT2D eigenvalue weighted by Crippen LogP contribution is 2.29. The van der Waals surface area contributed by atoms with E-state index in [-0.39, 0.29) is 11.8 Å². The Kier molecular flexibility index (Phi) is 4.77. The van der Waals surface area contributed by atoms with Crippen molar-refractivity contribution < 1.29 is 14.3 Å². The van der Waals surface area contributed by atoms with Crippen LogP contribution < -0.4 is 10.6 Å². The van der Waals surface area contributed by atoms with Crippen molar-refractivity contribution in [1.82, 2.24) is 29.6 Å². The summed E-state index contributed by atoms with van der Waals surface area (Å²) >= 11 is 1.28. The quantitative estimate of drug-likeness (QED) is 0.479. The van der Waals surface area contributed by atoms with Crippen LogP contribution in [-0.4, -0.2) is 62.4 Å². The van der Waals surface area contributed by atoms with Crippen LogP contribution in [0, 0.1) is 0 Å². The van der Waals surface area contributed by atoms with Gasteiger partial charge in [0.2, 0.25) is 0 Å². The second kappa shape index (κ2) is 7.94. The van der Waals surface area contributed by atoms with Crippen LogP contribution in [0.15, 0.2) is 43.0 Å². The van der Waals surface area contributed by atoms with Gasteiger partial charge in [-0.15, -0.1) is 0 Å². The summed E-state index contributed by atoms with van der Waals surface area (Å²) in [6, 6.07) is 5.75. The molecule has 1 saturated heterocycles. The van der Waals surface area contributed by atoms with Crippen LogP contribution in [0.2, 0.25) is 0 Å². The molecule has 0 aliphatic carbocycles. The van der Waals surface area contributed by atoms with Gasteiger partial charge in [0.25, 0.3) is 11.8 Å². The van der Waals surface area contributed by atoms with E-state index in [0.717, 1.165) is 16.8 Å². The van der Waals surface area contributed by atoms with E-state index in [0.29, 0.717) is 59.9 Å². The highest BCUT2D eigenvalue weighted by Gasteiger charge is 2.22.